The van der Waals surface area contributed by atoms with Crippen molar-refractivity contribution in [3.8, 4) is 22.4 Å². The van der Waals surface area contributed by atoms with E-state index in [9.17, 15) is 4.79 Å². The quantitative estimate of drug-likeness (QED) is 0.532. The van der Waals surface area contributed by atoms with Gasteiger partial charge in [-0.25, -0.2) is 4.79 Å². The zero-order valence-corrected chi connectivity index (χ0v) is 12.8. The summed E-state index contributed by atoms with van der Waals surface area (Å²) in [7, 11) is 1.36. The summed E-state index contributed by atoms with van der Waals surface area (Å²) in [6.07, 6.45) is 1.65. The van der Waals surface area contributed by atoms with Crippen LogP contribution in [0.25, 0.3) is 22.4 Å². The van der Waals surface area contributed by atoms with Crippen molar-refractivity contribution < 1.29 is 9.53 Å². The highest BCUT2D eigenvalue weighted by Crippen LogP contribution is 2.28. The van der Waals surface area contributed by atoms with Gasteiger partial charge >= 0.3 is 5.97 Å². The Morgan fingerprint density at radius 1 is 0.957 bits per heavy atom. The van der Waals surface area contributed by atoms with Gasteiger partial charge < -0.3 is 4.74 Å². The molecule has 0 amide bonds. The first kappa shape index (κ1) is 14.9. The molecular formula is C20H16NO2+. The number of hydrogen-bond acceptors (Lipinski definition) is 3. The molecule has 3 heteroatoms. The second-order valence-corrected chi connectivity index (χ2v) is 5.18. The number of carbonyl (C=O) groups excluding carboxylic acids is 1. The summed E-state index contributed by atoms with van der Waals surface area (Å²) in [5.74, 6) is -0.414. The van der Waals surface area contributed by atoms with E-state index < -0.39 is 5.97 Å². The number of nitrogens with zero attached hydrogens (tertiary/aromatic N) is 1. The van der Waals surface area contributed by atoms with Gasteiger partial charge in [0.05, 0.1) is 13.2 Å². The average Bonchev–Trinajstić information content (AvgIpc) is 2.62. The highest BCUT2D eigenvalue weighted by molar-refractivity contribution is 5.96. The van der Waals surface area contributed by atoms with Crippen molar-refractivity contribution in [3.63, 3.8) is 0 Å². The van der Waals surface area contributed by atoms with Crippen LogP contribution in [0.1, 0.15) is 15.9 Å². The number of benzene rings is 2. The van der Waals surface area contributed by atoms with Gasteiger partial charge in [0.1, 0.15) is 23.0 Å². The van der Waals surface area contributed by atoms with E-state index in [-0.39, 0.29) is 0 Å². The minimum atomic E-state index is -0.414. The minimum Gasteiger partial charge on any atom is -0.464 e. The van der Waals surface area contributed by atoms with Crippen LogP contribution in [0.4, 0.5) is 0 Å². The van der Waals surface area contributed by atoms with Crippen molar-refractivity contribution in [2.75, 3.05) is 7.11 Å². The van der Waals surface area contributed by atoms with Crippen LogP contribution in [0.5, 0.6) is 0 Å². The van der Waals surface area contributed by atoms with E-state index in [2.05, 4.69) is 11.9 Å². The summed E-state index contributed by atoms with van der Waals surface area (Å²) in [4.78, 5) is 16.4. The van der Waals surface area contributed by atoms with Crippen LogP contribution < -0.4 is 0 Å². The van der Waals surface area contributed by atoms with Crippen molar-refractivity contribution >= 4 is 5.97 Å². The normalized spacial score (nSPS) is 10.3. The first-order chi connectivity index (χ1) is 11.2. The molecule has 0 N–H and O–H groups in total. The van der Waals surface area contributed by atoms with E-state index in [4.69, 9.17) is 4.74 Å². The van der Waals surface area contributed by atoms with Crippen LogP contribution >= 0.6 is 0 Å². The van der Waals surface area contributed by atoms with Gasteiger partial charge in [0.2, 0.25) is 0 Å². The lowest BCUT2D eigenvalue weighted by Crippen LogP contribution is -2.05. The molecule has 0 spiro atoms. The molecule has 3 aromatic rings. The summed E-state index contributed by atoms with van der Waals surface area (Å²) in [6, 6.07) is 19.7. The molecule has 0 atom stereocenters. The number of ether oxygens (including phenoxy) is 1. The van der Waals surface area contributed by atoms with E-state index in [0.29, 0.717) is 16.8 Å². The lowest BCUT2D eigenvalue weighted by Gasteiger charge is -2.07. The number of pyridine rings is 1. The summed E-state index contributed by atoms with van der Waals surface area (Å²) < 4.78 is 4.86. The molecule has 0 saturated carbocycles. The number of hydrogen-bond donors (Lipinski definition) is 0. The van der Waals surface area contributed by atoms with Crippen molar-refractivity contribution in [2.24, 2.45) is 0 Å². The number of esters is 1. The van der Waals surface area contributed by atoms with Gasteiger partial charge in [-0.2, -0.15) is 4.98 Å². The Hall–Kier alpha value is -3.07. The summed E-state index contributed by atoms with van der Waals surface area (Å²) in [6.45, 7) is 3.83. The Morgan fingerprint density at radius 2 is 1.65 bits per heavy atom. The van der Waals surface area contributed by atoms with Crippen molar-refractivity contribution in [2.45, 2.75) is 0 Å². The highest BCUT2D eigenvalue weighted by atomic mass is 16.5. The van der Waals surface area contributed by atoms with Gasteiger partial charge in [0, 0.05) is 12.5 Å². The summed E-state index contributed by atoms with van der Waals surface area (Å²) in [5.41, 5.74) is 4.74. The van der Waals surface area contributed by atoms with Gasteiger partial charge in [-0.3, -0.25) is 0 Å². The van der Waals surface area contributed by atoms with Gasteiger partial charge in [-0.1, -0.05) is 48.5 Å². The van der Waals surface area contributed by atoms with E-state index in [1.807, 2.05) is 54.6 Å². The Bertz CT molecular complexity index is 841. The van der Waals surface area contributed by atoms with Crippen LogP contribution in [0.3, 0.4) is 0 Å². The molecule has 0 aliphatic heterocycles. The Balaban J connectivity index is 2.11. The van der Waals surface area contributed by atoms with Crippen LogP contribution in [-0.4, -0.2) is 18.1 Å². The fourth-order valence-corrected chi connectivity index (χ4v) is 2.48. The molecule has 0 aliphatic rings. The maximum Gasteiger partial charge on any atom is 0.353 e. The molecule has 1 aromatic heterocycles. The minimum absolute atomic E-state index is 0.414. The molecule has 0 saturated heterocycles. The average molecular weight is 302 g/mol. The molecule has 3 rings (SSSR count). The number of methoxy groups -OCH3 is 1. The standard InChI is InChI=1S/C20H16NO2/c1-14-11-18(20(22)23-2)19(21-13-14)17-10-6-9-16(12-17)15-7-4-3-5-8-15/h3-13H,1H2,2H3/q+1. The van der Waals surface area contributed by atoms with E-state index >= 15 is 0 Å². The van der Waals surface area contributed by atoms with Crippen molar-refractivity contribution in [3.05, 3.63) is 84.9 Å². The zero-order valence-electron chi connectivity index (χ0n) is 12.8. The topological polar surface area (TPSA) is 39.2 Å². The van der Waals surface area contributed by atoms with E-state index in [1.165, 1.54) is 7.11 Å². The fraction of sp³-hybridized carbons (Fsp3) is 0.0500. The third-order valence-electron chi connectivity index (χ3n) is 3.59. The maximum atomic E-state index is 12.0. The predicted molar refractivity (Wildman–Crippen MR) is 90.9 cm³/mol. The molecule has 3 nitrogen and oxygen atoms in total. The van der Waals surface area contributed by atoms with Crippen LogP contribution in [0.15, 0.2) is 66.9 Å². The van der Waals surface area contributed by atoms with Gasteiger partial charge in [-0.15, -0.1) is 0 Å². The van der Waals surface area contributed by atoms with E-state index in [1.54, 1.807) is 12.3 Å². The Kier molecular flexibility index (Phi) is 4.11. The third-order valence-corrected chi connectivity index (χ3v) is 3.59. The van der Waals surface area contributed by atoms with Crippen LogP contribution in [-0.2, 0) is 4.74 Å². The molecule has 2 aromatic carbocycles. The van der Waals surface area contributed by atoms with Gasteiger partial charge in [0.25, 0.3) is 0 Å². The summed E-state index contributed by atoms with van der Waals surface area (Å²) >= 11 is 0. The van der Waals surface area contributed by atoms with Crippen molar-refractivity contribution in [1.29, 1.82) is 0 Å². The lowest BCUT2D eigenvalue weighted by molar-refractivity contribution is 0.0601. The Morgan fingerprint density at radius 3 is 2.39 bits per heavy atom. The predicted octanol–water partition coefficient (Wildman–Crippen LogP) is 4.38. The Labute approximate surface area is 135 Å². The van der Waals surface area contributed by atoms with Crippen LogP contribution in [0, 0.1) is 6.92 Å². The number of rotatable bonds is 3. The zero-order chi connectivity index (χ0) is 16.2. The molecule has 1 heterocycles. The molecule has 0 unspecified atom stereocenters. The monoisotopic (exact) mass is 302 g/mol. The molecule has 23 heavy (non-hydrogen) atoms. The molecule has 0 bridgehead atoms. The largest absolute Gasteiger partial charge is 0.464 e. The second-order valence-electron chi connectivity index (χ2n) is 5.18. The third kappa shape index (κ3) is 3.09. The van der Waals surface area contributed by atoms with Crippen molar-refractivity contribution in [1.82, 2.24) is 4.98 Å². The molecule has 0 radical (unpaired) electrons. The molecule has 0 aliphatic carbocycles. The smallest absolute Gasteiger partial charge is 0.353 e. The van der Waals surface area contributed by atoms with Crippen LogP contribution in [0.2, 0.25) is 0 Å². The first-order valence-electron chi connectivity index (χ1n) is 7.25. The summed E-state index contributed by atoms with van der Waals surface area (Å²) in [5, 5.41) is 0. The number of carbonyl (C=O) groups is 1. The number of aromatic nitrogens is 1. The fourth-order valence-electron chi connectivity index (χ4n) is 2.48. The second kappa shape index (κ2) is 6.36. The lowest BCUT2D eigenvalue weighted by atomic mass is 9.99. The van der Waals surface area contributed by atoms with E-state index in [0.717, 1.165) is 16.7 Å². The van der Waals surface area contributed by atoms with Gasteiger partial charge in [0.15, 0.2) is 0 Å². The first-order valence-corrected chi connectivity index (χ1v) is 7.25. The molecule has 112 valence electrons. The maximum absolute atomic E-state index is 12.0. The van der Waals surface area contributed by atoms with Gasteiger partial charge in [-0.05, 0) is 17.2 Å². The SMILES string of the molecule is [CH2+]c1cnc(-c2cccc(-c3ccccc3)c2)c(C(=O)OC)c1. The highest BCUT2D eigenvalue weighted by Gasteiger charge is 2.19. The molecular weight excluding hydrogens is 286 g/mol. The molecule has 0 fully saturated rings.